The maximum absolute atomic E-state index is 12.2. The summed E-state index contributed by atoms with van der Waals surface area (Å²) in [6.07, 6.45) is 1.04. The maximum atomic E-state index is 12.2. The molecule has 0 fully saturated rings. The lowest BCUT2D eigenvalue weighted by atomic mass is 10.5. The number of hydrogen-bond acceptors (Lipinski definition) is 1. The van der Waals surface area contributed by atoms with Crippen LogP contribution in [0.15, 0.2) is 18.3 Å². The highest BCUT2D eigenvalue weighted by Gasteiger charge is 2.06. The summed E-state index contributed by atoms with van der Waals surface area (Å²) in [6.45, 7) is 0. The van der Waals surface area contributed by atoms with Crippen LogP contribution in [0.1, 0.15) is 0 Å². The van der Waals surface area contributed by atoms with Crippen molar-refractivity contribution in [3.8, 4) is 0 Å². The SMILES string of the molecule is [O-][n+]1cccc(Cl)c1F. The molecule has 1 heterocycles. The first-order valence-electron chi connectivity index (χ1n) is 2.25. The molecule has 0 aliphatic carbocycles. The Kier molecular flexibility index (Phi) is 1.53. The Hall–Kier alpha value is -0.830. The van der Waals surface area contributed by atoms with Gasteiger partial charge in [-0.2, -0.15) is 0 Å². The van der Waals surface area contributed by atoms with E-state index in [1.807, 2.05) is 0 Å². The van der Waals surface area contributed by atoms with Crippen LogP contribution in [0.2, 0.25) is 5.02 Å². The van der Waals surface area contributed by atoms with Crippen LogP contribution in [0.5, 0.6) is 0 Å². The average molecular weight is 148 g/mol. The number of pyridine rings is 1. The third-order valence-electron chi connectivity index (χ3n) is 0.855. The quantitative estimate of drug-likeness (QED) is 0.307. The second kappa shape index (κ2) is 2.19. The molecule has 0 atom stereocenters. The minimum atomic E-state index is -0.959. The van der Waals surface area contributed by atoms with E-state index < -0.39 is 5.95 Å². The second-order valence-corrected chi connectivity index (χ2v) is 1.88. The summed E-state index contributed by atoms with van der Waals surface area (Å²) in [4.78, 5) is 0. The summed E-state index contributed by atoms with van der Waals surface area (Å²) in [7, 11) is 0. The van der Waals surface area contributed by atoms with Gasteiger partial charge in [0.25, 0.3) is 0 Å². The summed E-state index contributed by atoms with van der Waals surface area (Å²) in [5, 5.41) is 10.1. The fraction of sp³-hybridized carbons (Fsp3) is 0. The van der Waals surface area contributed by atoms with Crippen molar-refractivity contribution in [2.45, 2.75) is 0 Å². The van der Waals surface area contributed by atoms with Gasteiger partial charge in [0.05, 0.1) is 0 Å². The number of hydrogen-bond donors (Lipinski definition) is 0. The van der Waals surface area contributed by atoms with Crippen LogP contribution in [0.4, 0.5) is 4.39 Å². The Morgan fingerprint density at radius 3 is 2.78 bits per heavy atom. The molecule has 0 N–H and O–H groups in total. The molecule has 0 unspecified atom stereocenters. The van der Waals surface area contributed by atoms with Crippen LogP contribution in [-0.4, -0.2) is 0 Å². The zero-order chi connectivity index (χ0) is 6.85. The lowest BCUT2D eigenvalue weighted by Gasteiger charge is -1.94. The standard InChI is InChI=1S/C5H3ClFNO/c6-4-2-1-3-8(9)5(4)7/h1-3H. The van der Waals surface area contributed by atoms with Gasteiger partial charge in [-0.05, 0) is 6.07 Å². The highest BCUT2D eigenvalue weighted by atomic mass is 35.5. The molecule has 1 aromatic heterocycles. The molecule has 0 aliphatic rings. The smallest absolute Gasteiger partial charge is 0.389 e. The Labute approximate surface area is 56.1 Å². The summed E-state index contributed by atoms with van der Waals surface area (Å²) in [5.41, 5.74) is 0. The van der Waals surface area contributed by atoms with E-state index in [2.05, 4.69) is 0 Å². The fourth-order valence-corrected chi connectivity index (χ4v) is 0.601. The van der Waals surface area contributed by atoms with Crippen LogP contribution in [0, 0.1) is 11.2 Å². The first-order chi connectivity index (χ1) is 4.22. The van der Waals surface area contributed by atoms with E-state index in [4.69, 9.17) is 11.6 Å². The number of halogens is 2. The molecular formula is C5H3ClFNO. The highest BCUT2D eigenvalue weighted by Crippen LogP contribution is 2.07. The minimum Gasteiger partial charge on any atom is -0.617 e. The topological polar surface area (TPSA) is 26.9 Å². The Morgan fingerprint density at radius 1 is 1.67 bits per heavy atom. The molecule has 4 heteroatoms. The largest absolute Gasteiger partial charge is 0.617 e. The van der Waals surface area contributed by atoms with E-state index in [0.29, 0.717) is 0 Å². The van der Waals surface area contributed by atoms with Crippen molar-refractivity contribution in [1.29, 1.82) is 0 Å². The normalized spacial score (nSPS) is 9.56. The molecule has 1 rings (SSSR count). The van der Waals surface area contributed by atoms with Crippen molar-refractivity contribution in [2.24, 2.45) is 0 Å². The van der Waals surface area contributed by atoms with Crippen molar-refractivity contribution < 1.29 is 9.12 Å². The van der Waals surface area contributed by atoms with Gasteiger partial charge in [-0.3, -0.25) is 0 Å². The molecule has 0 saturated carbocycles. The predicted octanol–water partition coefficient (Wildman–Crippen LogP) is 1.11. The van der Waals surface area contributed by atoms with E-state index in [1.165, 1.54) is 12.1 Å². The van der Waals surface area contributed by atoms with Crippen LogP contribution in [-0.2, 0) is 0 Å². The molecule has 0 radical (unpaired) electrons. The zero-order valence-electron chi connectivity index (χ0n) is 4.34. The van der Waals surface area contributed by atoms with Gasteiger partial charge in [0.15, 0.2) is 6.20 Å². The molecule has 1 aromatic rings. The monoisotopic (exact) mass is 147 g/mol. The van der Waals surface area contributed by atoms with Gasteiger partial charge in [-0.15, -0.1) is 9.12 Å². The maximum Gasteiger partial charge on any atom is 0.389 e. The van der Waals surface area contributed by atoms with Gasteiger partial charge in [0, 0.05) is 6.07 Å². The van der Waals surface area contributed by atoms with Gasteiger partial charge in [-0.1, -0.05) is 11.6 Å². The molecule has 0 spiro atoms. The zero-order valence-corrected chi connectivity index (χ0v) is 5.10. The third-order valence-corrected chi connectivity index (χ3v) is 1.14. The van der Waals surface area contributed by atoms with E-state index in [-0.39, 0.29) is 9.75 Å². The Morgan fingerprint density at radius 2 is 2.33 bits per heavy atom. The van der Waals surface area contributed by atoms with Gasteiger partial charge in [0.2, 0.25) is 0 Å². The van der Waals surface area contributed by atoms with Crippen LogP contribution in [0.3, 0.4) is 0 Å². The molecule has 0 aliphatic heterocycles. The van der Waals surface area contributed by atoms with Crippen molar-refractivity contribution in [3.63, 3.8) is 0 Å². The number of nitrogens with zero attached hydrogens (tertiary/aromatic N) is 1. The molecule has 0 bridgehead atoms. The molecule has 0 saturated heterocycles. The molecule has 0 amide bonds. The van der Waals surface area contributed by atoms with Gasteiger partial charge < -0.3 is 5.21 Å². The third kappa shape index (κ3) is 1.10. The summed E-state index contributed by atoms with van der Waals surface area (Å²) in [5.74, 6) is -0.959. The van der Waals surface area contributed by atoms with Gasteiger partial charge in [0.1, 0.15) is 5.02 Å². The Bertz CT molecular complexity index is 208. The highest BCUT2D eigenvalue weighted by molar-refractivity contribution is 6.30. The van der Waals surface area contributed by atoms with E-state index in [0.717, 1.165) is 6.20 Å². The van der Waals surface area contributed by atoms with Crippen molar-refractivity contribution in [1.82, 2.24) is 0 Å². The van der Waals surface area contributed by atoms with Crippen molar-refractivity contribution in [3.05, 3.63) is 34.5 Å². The van der Waals surface area contributed by atoms with Crippen LogP contribution >= 0.6 is 11.6 Å². The lowest BCUT2D eigenvalue weighted by molar-refractivity contribution is -0.637. The first kappa shape index (κ1) is 6.29. The van der Waals surface area contributed by atoms with E-state index >= 15 is 0 Å². The summed E-state index contributed by atoms with van der Waals surface area (Å²) >= 11 is 5.22. The fourth-order valence-electron chi connectivity index (χ4n) is 0.445. The number of aromatic nitrogens is 1. The summed E-state index contributed by atoms with van der Waals surface area (Å²) < 4.78 is 12.3. The van der Waals surface area contributed by atoms with Crippen LogP contribution in [0.25, 0.3) is 0 Å². The van der Waals surface area contributed by atoms with Gasteiger partial charge in [-0.25, -0.2) is 0 Å². The van der Waals surface area contributed by atoms with E-state index in [9.17, 15) is 9.60 Å². The summed E-state index contributed by atoms with van der Waals surface area (Å²) in [6, 6.07) is 2.68. The van der Waals surface area contributed by atoms with Crippen LogP contribution < -0.4 is 4.73 Å². The van der Waals surface area contributed by atoms with E-state index in [1.54, 1.807) is 0 Å². The van der Waals surface area contributed by atoms with Gasteiger partial charge >= 0.3 is 5.95 Å². The molecule has 2 nitrogen and oxygen atoms in total. The lowest BCUT2D eigenvalue weighted by Crippen LogP contribution is -2.30. The number of rotatable bonds is 0. The molecule has 48 valence electrons. The average Bonchev–Trinajstić information content (AvgIpc) is 1.83. The second-order valence-electron chi connectivity index (χ2n) is 1.47. The predicted molar refractivity (Wildman–Crippen MR) is 30.4 cm³/mol. The van der Waals surface area contributed by atoms with Crippen molar-refractivity contribution >= 4 is 11.6 Å². The molecule has 0 aromatic carbocycles. The molecular weight excluding hydrogens is 145 g/mol. The Balaban J connectivity index is 3.25. The first-order valence-corrected chi connectivity index (χ1v) is 2.63. The van der Waals surface area contributed by atoms with Crippen molar-refractivity contribution in [2.75, 3.05) is 0 Å². The minimum absolute atomic E-state index is 0.0718. The molecule has 9 heavy (non-hydrogen) atoms.